The Labute approximate surface area is 226 Å². The van der Waals surface area contributed by atoms with Crippen molar-refractivity contribution in [1.29, 1.82) is 0 Å². The molecule has 3 N–H and O–H groups in total. The molecule has 3 rings (SSSR count). The van der Waals surface area contributed by atoms with Crippen LogP contribution in [0.2, 0.25) is 0 Å². The highest BCUT2D eigenvalue weighted by Crippen LogP contribution is 2.35. The number of thioether (sulfide) groups is 1. The first-order valence-electron chi connectivity index (χ1n) is 11.6. The molecule has 11 heteroatoms. The summed E-state index contributed by atoms with van der Waals surface area (Å²) < 4.78 is 65.8. The zero-order chi connectivity index (χ0) is 28.8. The fraction of sp³-hybridized carbons (Fsp3) is 0.214. The van der Waals surface area contributed by atoms with Gasteiger partial charge in [-0.3, -0.25) is 0 Å². The van der Waals surface area contributed by atoms with Crippen LogP contribution in [-0.2, 0) is 22.2 Å². The Balaban J connectivity index is 0.000000580. The standard InChI is InChI=1S/C24H22F5NS.C4H4O4/c25-20-9-5-18(6-10-20)23(19-7-11-21(26)12-8-19)31-16-15-30-14-13-17-3-1-2-4-22(17)24(27,28)29;5-3(6)1-2-4(7)8/h1-12,23,30H,13-16H2;1-2H,(H,5,6)(H,7,8). The highest BCUT2D eigenvalue weighted by Gasteiger charge is 2.32. The van der Waals surface area contributed by atoms with Crippen molar-refractivity contribution in [2.75, 3.05) is 18.8 Å². The van der Waals surface area contributed by atoms with Crippen molar-refractivity contribution in [3.8, 4) is 0 Å². The van der Waals surface area contributed by atoms with E-state index < -0.39 is 23.7 Å². The molecule has 0 heterocycles. The van der Waals surface area contributed by atoms with Crippen LogP contribution in [0.4, 0.5) is 22.0 Å². The van der Waals surface area contributed by atoms with Crippen LogP contribution in [0, 0.1) is 11.6 Å². The number of benzene rings is 3. The molecule has 0 aliphatic carbocycles. The Morgan fingerprint density at radius 3 is 1.74 bits per heavy atom. The summed E-state index contributed by atoms with van der Waals surface area (Å²) in [6.45, 7) is 1.02. The molecule has 0 spiro atoms. The number of carboxylic acids is 2. The highest BCUT2D eigenvalue weighted by molar-refractivity contribution is 7.99. The van der Waals surface area contributed by atoms with Gasteiger partial charge in [0.2, 0.25) is 0 Å². The Kier molecular flexibility index (Phi) is 12.6. The lowest BCUT2D eigenvalue weighted by molar-refractivity contribution is -0.138. The van der Waals surface area contributed by atoms with Crippen molar-refractivity contribution < 1.29 is 41.8 Å². The highest BCUT2D eigenvalue weighted by atomic mass is 32.2. The minimum Gasteiger partial charge on any atom is -0.478 e. The fourth-order valence-corrected chi connectivity index (χ4v) is 4.61. The largest absolute Gasteiger partial charge is 0.478 e. The van der Waals surface area contributed by atoms with E-state index in [2.05, 4.69) is 5.32 Å². The van der Waals surface area contributed by atoms with E-state index in [1.165, 1.54) is 36.4 Å². The lowest BCUT2D eigenvalue weighted by Gasteiger charge is -2.18. The summed E-state index contributed by atoms with van der Waals surface area (Å²) >= 11 is 1.61. The zero-order valence-electron chi connectivity index (χ0n) is 20.5. The Morgan fingerprint density at radius 1 is 0.795 bits per heavy atom. The zero-order valence-corrected chi connectivity index (χ0v) is 21.3. The lowest BCUT2D eigenvalue weighted by atomic mass is 10.0. The number of hydrogen-bond acceptors (Lipinski definition) is 4. The summed E-state index contributed by atoms with van der Waals surface area (Å²) in [6, 6.07) is 18.0. The molecule has 0 aliphatic rings. The number of nitrogens with one attached hydrogen (secondary N) is 1. The minimum absolute atomic E-state index is 0.103. The smallest absolute Gasteiger partial charge is 0.416 e. The Morgan fingerprint density at radius 2 is 1.28 bits per heavy atom. The number of carboxylic acid groups (broad SMARTS) is 2. The topological polar surface area (TPSA) is 86.6 Å². The number of hydrogen-bond donors (Lipinski definition) is 3. The second-order valence-electron chi connectivity index (χ2n) is 8.02. The van der Waals surface area contributed by atoms with E-state index in [1.54, 1.807) is 42.1 Å². The first-order valence-corrected chi connectivity index (χ1v) is 12.6. The van der Waals surface area contributed by atoms with Crippen LogP contribution in [0.25, 0.3) is 0 Å². The summed E-state index contributed by atoms with van der Waals surface area (Å²) in [7, 11) is 0. The van der Waals surface area contributed by atoms with Crippen LogP contribution in [0.3, 0.4) is 0 Å². The maximum absolute atomic E-state index is 13.3. The molecule has 39 heavy (non-hydrogen) atoms. The van der Waals surface area contributed by atoms with Crippen LogP contribution in [-0.4, -0.2) is 41.0 Å². The molecule has 0 aromatic heterocycles. The predicted octanol–water partition coefficient (Wildman–Crippen LogP) is 6.35. The van der Waals surface area contributed by atoms with Crippen molar-refractivity contribution in [2.45, 2.75) is 17.8 Å². The molecule has 0 atom stereocenters. The van der Waals surface area contributed by atoms with Crippen molar-refractivity contribution in [2.24, 2.45) is 0 Å². The first kappa shape index (κ1) is 31.5. The van der Waals surface area contributed by atoms with E-state index in [1.807, 2.05) is 0 Å². The van der Waals surface area contributed by atoms with Gasteiger partial charge in [0.05, 0.1) is 10.8 Å². The van der Waals surface area contributed by atoms with Crippen molar-refractivity contribution in [3.63, 3.8) is 0 Å². The Hall–Kier alpha value is -3.70. The maximum Gasteiger partial charge on any atom is 0.416 e. The van der Waals surface area contributed by atoms with Gasteiger partial charge in [-0.2, -0.15) is 13.2 Å². The molecule has 0 bridgehead atoms. The van der Waals surface area contributed by atoms with Crippen LogP contribution in [0.15, 0.2) is 84.9 Å². The van der Waals surface area contributed by atoms with Gasteiger partial charge in [0, 0.05) is 24.4 Å². The van der Waals surface area contributed by atoms with Gasteiger partial charge in [-0.1, -0.05) is 42.5 Å². The third-order valence-electron chi connectivity index (χ3n) is 5.17. The molecule has 0 saturated carbocycles. The van der Waals surface area contributed by atoms with Crippen molar-refractivity contribution in [3.05, 3.63) is 119 Å². The molecule has 0 unspecified atom stereocenters. The quantitative estimate of drug-likeness (QED) is 0.142. The van der Waals surface area contributed by atoms with Crippen molar-refractivity contribution in [1.82, 2.24) is 5.32 Å². The number of carbonyl (C=O) groups is 2. The SMILES string of the molecule is Fc1ccc(C(SCCNCCc2ccccc2C(F)(F)F)c2ccc(F)cc2)cc1.O=C(O)C=CC(=O)O. The monoisotopic (exact) mass is 567 g/mol. The molecule has 0 fully saturated rings. The molecule has 0 amide bonds. The molecule has 208 valence electrons. The van der Waals surface area contributed by atoms with E-state index in [0.717, 1.165) is 17.2 Å². The van der Waals surface area contributed by atoms with Crippen LogP contribution >= 0.6 is 11.8 Å². The molecular formula is C28H26F5NO4S. The van der Waals surface area contributed by atoms with Gasteiger partial charge in [0.15, 0.2) is 0 Å². The predicted molar refractivity (Wildman–Crippen MR) is 140 cm³/mol. The summed E-state index contributed by atoms with van der Waals surface area (Å²) in [4.78, 5) is 19.1. The van der Waals surface area contributed by atoms with Gasteiger partial charge in [0.1, 0.15) is 11.6 Å². The van der Waals surface area contributed by atoms with Crippen LogP contribution in [0.1, 0.15) is 27.5 Å². The molecule has 0 radical (unpaired) electrons. The average Bonchev–Trinajstić information content (AvgIpc) is 2.88. The van der Waals surface area contributed by atoms with E-state index in [-0.39, 0.29) is 28.9 Å². The van der Waals surface area contributed by atoms with Gasteiger partial charge in [-0.25, -0.2) is 18.4 Å². The van der Waals surface area contributed by atoms with Crippen molar-refractivity contribution >= 4 is 23.7 Å². The average molecular weight is 568 g/mol. The lowest BCUT2D eigenvalue weighted by Crippen LogP contribution is -2.21. The van der Waals surface area contributed by atoms with E-state index in [0.29, 0.717) is 31.0 Å². The molecule has 0 saturated heterocycles. The third kappa shape index (κ3) is 11.7. The fourth-order valence-electron chi connectivity index (χ4n) is 3.41. The number of aliphatic carboxylic acids is 2. The molecule has 0 aliphatic heterocycles. The summed E-state index contributed by atoms with van der Waals surface area (Å²) in [5, 5.41) is 18.7. The second-order valence-corrected chi connectivity index (χ2v) is 9.23. The van der Waals surface area contributed by atoms with E-state index in [9.17, 15) is 31.5 Å². The van der Waals surface area contributed by atoms with Gasteiger partial charge in [-0.05, 0) is 60.0 Å². The molecule has 3 aromatic rings. The van der Waals surface area contributed by atoms with Gasteiger partial charge < -0.3 is 15.5 Å². The molecule has 5 nitrogen and oxygen atoms in total. The van der Waals surface area contributed by atoms with Gasteiger partial charge in [-0.15, -0.1) is 11.8 Å². The van der Waals surface area contributed by atoms with Gasteiger partial charge >= 0.3 is 18.1 Å². The molecule has 3 aromatic carbocycles. The van der Waals surface area contributed by atoms with Gasteiger partial charge in [0.25, 0.3) is 0 Å². The molecular weight excluding hydrogens is 541 g/mol. The third-order valence-corrected chi connectivity index (χ3v) is 6.49. The Bertz CT molecular complexity index is 1170. The van der Waals surface area contributed by atoms with E-state index >= 15 is 0 Å². The van der Waals surface area contributed by atoms with Crippen LogP contribution < -0.4 is 5.32 Å². The van der Waals surface area contributed by atoms with Crippen LogP contribution in [0.5, 0.6) is 0 Å². The summed E-state index contributed by atoms with van der Waals surface area (Å²) in [5.74, 6) is -2.49. The minimum atomic E-state index is -4.36. The maximum atomic E-state index is 13.3. The first-order chi connectivity index (χ1) is 18.5. The van der Waals surface area contributed by atoms with E-state index in [4.69, 9.17) is 10.2 Å². The number of rotatable bonds is 11. The normalized spacial score (nSPS) is 11.3. The summed E-state index contributed by atoms with van der Waals surface area (Å²) in [6.07, 6.45) is -2.96. The number of alkyl halides is 3. The summed E-state index contributed by atoms with van der Waals surface area (Å²) in [5.41, 5.74) is 1.47. The number of halogens is 5. The second kappa shape index (κ2) is 15.6.